The van der Waals surface area contributed by atoms with Crippen LogP contribution in [0.4, 0.5) is 0 Å². The number of aliphatic hydroxyl groups excluding tert-OH is 3. The maximum absolute atomic E-state index is 14.7. The number of rotatable bonds is 50. The Morgan fingerprint density at radius 1 is 0.473 bits per heavy atom. The molecule has 0 radical (unpaired) electrons. The molecule has 14 amide bonds. The Labute approximate surface area is 646 Å². The molecule has 0 aliphatic heterocycles. The van der Waals surface area contributed by atoms with Gasteiger partial charge < -0.3 is 127 Å². The summed E-state index contributed by atoms with van der Waals surface area (Å²) < 4.78 is 0. The number of aromatic amines is 2. The Morgan fingerprint density at radius 2 is 0.911 bits per heavy atom. The van der Waals surface area contributed by atoms with E-state index in [0.717, 1.165) is 0 Å². The van der Waals surface area contributed by atoms with Crippen molar-refractivity contribution in [3.8, 4) is 0 Å². The maximum atomic E-state index is 14.7. The number of hydrogen-bond acceptors (Lipinski definition) is 22. The molecule has 0 saturated heterocycles. The van der Waals surface area contributed by atoms with Crippen LogP contribution in [0.15, 0.2) is 48.0 Å². The SMILES string of the molecule is CC(C)C[C@H](NC(=O)[C@H](CC(C)C)NC(=O)[C@H](Cc1cnc[nH]1)NC(=O)[C@H](CC(C)C)NC(=O)[C@@H](NC(=O)[C@H](CCC(=O)O)NC(=O)[C@H](CO)NC(=O)[C@H](Cc1c[nH]c2ccccc12)NC(=O)[C@H](C)NC(=O)[C@@H](N)[C@@H](C)O)C(C)C)C(=O)N[C@@H](CO)C(=O)N[C@@H](CCCN=C(N)N)C(=O)NCC(=O)NCC(=O)NCC(=O)O. The van der Waals surface area contributed by atoms with E-state index in [-0.39, 0.29) is 75.2 Å². The molecule has 3 rings (SSSR count). The highest BCUT2D eigenvalue weighted by molar-refractivity contribution is 6.00. The number of para-hydroxylation sites is 1. The van der Waals surface area contributed by atoms with Gasteiger partial charge in [0.15, 0.2) is 5.96 Å². The van der Waals surface area contributed by atoms with Gasteiger partial charge in [0.25, 0.3) is 0 Å². The van der Waals surface area contributed by atoms with E-state index in [1.54, 1.807) is 72.0 Å². The molecule has 0 aliphatic rings. The summed E-state index contributed by atoms with van der Waals surface area (Å²) in [5, 5.41) is 84.1. The van der Waals surface area contributed by atoms with Crippen molar-refractivity contribution in [1.29, 1.82) is 0 Å². The zero-order chi connectivity index (χ0) is 84.2. The molecule has 0 bridgehead atoms. The Hall–Kier alpha value is -11.4. The molecule has 2 heterocycles. The molecule has 112 heavy (non-hydrogen) atoms. The van der Waals surface area contributed by atoms with Crippen LogP contribution in [0.25, 0.3) is 10.9 Å². The van der Waals surface area contributed by atoms with Gasteiger partial charge in [0.2, 0.25) is 82.7 Å². The summed E-state index contributed by atoms with van der Waals surface area (Å²) >= 11 is 0. The molecule has 13 atom stereocenters. The van der Waals surface area contributed by atoms with E-state index in [2.05, 4.69) is 89.1 Å². The van der Waals surface area contributed by atoms with Gasteiger partial charge in [-0.05, 0) is 87.7 Å². The molecule has 2 aromatic heterocycles. The number of carbonyl (C=O) groups is 16. The molecule has 0 unspecified atom stereocenters. The molecule has 0 aliphatic carbocycles. The number of guanidine groups is 1. The van der Waals surface area contributed by atoms with Crippen molar-refractivity contribution < 1.29 is 102 Å². The normalized spacial score (nSPS) is 14.7. The Bertz CT molecular complexity index is 3730. The standard InChI is InChI=1S/C70H111N21O21/c1-33(2)20-45(61(104)85-46(21-34(3)4)63(106)89-50(30-92)66(109)82-43(16-13-19-75-70(72)73)59(102)79-28-53(96)77-27-52(95)78-29-55(99)100)86-65(108)49(24-40-26-74-32-80-40)87-62(105)47(22-35(5)6)88-69(112)57(36(7)8)91-60(103)44(17-18-54(97)98)83-67(110)51(31-93)90-64(107)48(23-39-25-76-42-15-12-11-14-41(39)42)84-58(101)37(9)81-68(111)56(71)38(10)94/h11-12,14-15,25-26,32-38,43-51,56-57,76,92-94H,13,16-24,27-31,71H2,1-10H3,(H,74,80)(H,77,96)(H,78,95)(H,79,102)(H,81,111)(H,82,109)(H,83,110)(H,84,101)(H,85,104)(H,86,108)(H,87,105)(H,88,112)(H,89,106)(H,90,107)(H,91,103)(H,97,98)(H,99,100)(H4,72,73,75)/t37-,38+,43-,44-,45-,46-,47-,48-,49-,50-,51-,56-,57-/m0/s1. The summed E-state index contributed by atoms with van der Waals surface area (Å²) in [4.78, 5) is 230. The van der Waals surface area contributed by atoms with Crippen molar-refractivity contribution in [3.05, 3.63) is 54.2 Å². The lowest BCUT2D eigenvalue weighted by molar-refractivity contribution is -0.139. The molecule has 3 aromatic rings. The fourth-order valence-electron chi connectivity index (χ4n) is 11.0. The molecular weight excluding hydrogens is 1470 g/mol. The largest absolute Gasteiger partial charge is 0.481 e. The number of nitrogens with two attached hydrogens (primary N) is 3. The fraction of sp³-hybridized carbons (Fsp3) is 0.600. The fourth-order valence-corrected chi connectivity index (χ4v) is 11.0. The summed E-state index contributed by atoms with van der Waals surface area (Å²) in [6.07, 6.45) is 0.784. The van der Waals surface area contributed by atoms with Crippen molar-refractivity contribution in [2.45, 2.75) is 206 Å². The van der Waals surface area contributed by atoms with Gasteiger partial charge in [-0.2, -0.15) is 0 Å². The summed E-state index contributed by atoms with van der Waals surface area (Å²) in [5.74, 6) is -18.4. The zero-order valence-electron chi connectivity index (χ0n) is 64.4. The number of carbonyl (C=O) groups excluding carboxylic acids is 14. The predicted molar refractivity (Wildman–Crippen MR) is 402 cm³/mol. The molecule has 42 heteroatoms. The quantitative estimate of drug-likeness (QED) is 0.0142. The number of benzene rings is 1. The minimum absolute atomic E-state index is 0.0209. The van der Waals surface area contributed by atoms with Crippen LogP contribution >= 0.6 is 0 Å². The summed E-state index contributed by atoms with van der Waals surface area (Å²) in [6, 6.07) is -11.6. The van der Waals surface area contributed by atoms with Gasteiger partial charge in [0, 0.05) is 54.8 Å². The number of aliphatic imine (C=N–C) groups is 1. The number of hydrogen-bond donors (Lipinski definition) is 24. The first-order valence-electron chi connectivity index (χ1n) is 36.5. The number of aliphatic hydroxyl groups is 3. The van der Waals surface area contributed by atoms with Gasteiger partial charge in [-0.1, -0.05) is 73.6 Å². The van der Waals surface area contributed by atoms with Gasteiger partial charge in [-0.15, -0.1) is 0 Å². The summed E-state index contributed by atoms with van der Waals surface area (Å²) in [5.41, 5.74) is 18.1. The number of carboxylic acids is 2. The first-order valence-corrected chi connectivity index (χ1v) is 36.5. The van der Waals surface area contributed by atoms with Crippen LogP contribution in [0, 0.1) is 23.7 Å². The molecule has 0 fully saturated rings. The number of aliphatic carboxylic acids is 2. The highest BCUT2D eigenvalue weighted by Gasteiger charge is 2.38. The third-order valence-electron chi connectivity index (χ3n) is 17.0. The molecule has 0 saturated carbocycles. The van der Waals surface area contributed by atoms with Crippen molar-refractivity contribution in [2.75, 3.05) is 39.4 Å². The highest BCUT2D eigenvalue weighted by Crippen LogP contribution is 2.20. The number of nitrogens with one attached hydrogen (secondary N) is 16. The van der Waals surface area contributed by atoms with E-state index in [1.165, 1.54) is 40.2 Å². The van der Waals surface area contributed by atoms with Crippen LogP contribution in [0.3, 0.4) is 0 Å². The third kappa shape index (κ3) is 33.8. The van der Waals surface area contributed by atoms with Gasteiger partial charge in [-0.25, -0.2) is 4.98 Å². The molecule has 0 spiro atoms. The number of aromatic nitrogens is 3. The molecule has 27 N–H and O–H groups in total. The van der Waals surface area contributed by atoms with E-state index < -0.39 is 225 Å². The van der Waals surface area contributed by atoms with E-state index in [4.69, 9.17) is 22.3 Å². The lowest BCUT2D eigenvalue weighted by atomic mass is 9.98. The number of amides is 14. The molecule has 622 valence electrons. The third-order valence-corrected chi connectivity index (χ3v) is 17.0. The number of imidazole rings is 1. The first-order chi connectivity index (χ1) is 52.6. The van der Waals surface area contributed by atoms with Crippen LogP contribution in [0.1, 0.15) is 125 Å². The second kappa shape index (κ2) is 47.6. The van der Waals surface area contributed by atoms with E-state index >= 15 is 0 Å². The number of H-pyrrole nitrogens is 2. The van der Waals surface area contributed by atoms with Crippen molar-refractivity contribution >= 4 is 112 Å². The second-order valence-electron chi connectivity index (χ2n) is 28.4. The Balaban J connectivity index is 1.88. The monoisotopic (exact) mass is 1580 g/mol. The Morgan fingerprint density at radius 3 is 1.38 bits per heavy atom. The van der Waals surface area contributed by atoms with Gasteiger partial charge in [0.05, 0.1) is 38.7 Å². The first kappa shape index (κ1) is 94.8. The average molecular weight is 1580 g/mol. The van der Waals surface area contributed by atoms with Crippen LogP contribution in [-0.2, 0) is 89.6 Å². The van der Waals surface area contributed by atoms with Gasteiger partial charge in [0.1, 0.15) is 79.0 Å². The van der Waals surface area contributed by atoms with E-state index in [0.29, 0.717) is 22.2 Å². The van der Waals surface area contributed by atoms with E-state index in [1.807, 2.05) is 5.32 Å². The smallest absolute Gasteiger partial charge is 0.322 e. The Kier molecular flexibility index (Phi) is 40.3. The van der Waals surface area contributed by atoms with Crippen LogP contribution in [-0.4, -0.2) is 259 Å². The average Bonchev–Trinajstić information content (AvgIpc) is 1.63. The van der Waals surface area contributed by atoms with Crippen LogP contribution < -0.4 is 91.6 Å². The summed E-state index contributed by atoms with van der Waals surface area (Å²) in [7, 11) is 0. The number of fused-ring (bicyclic) bond motifs is 1. The lowest BCUT2D eigenvalue weighted by Gasteiger charge is -2.30. The minimum Gasteiger partial charge on any atom is -0.481 e. The van der Waals surface area contributed by atoms with Crippen LogP contribution in [0.2, 0.25) is 0 Å². The summed E-state index contributed by atoms with van der Waals surface area (Å²) in [6.45, 7) is 11.7. The minimum atomic E-state index is -1.87. The predicted octanol–water partition coefficient (Wildman–Crippen LogP) is -7.13. The lowest BCUT2D eigenvalue weighted by Crippen LogP contribution is -2.62. The maximum Gasteiger partial charge on any atom is 0.322 e. The zero-order valence-corrected chi connectivity index (χ0v) is 64.4. The second-order valence-corrected chi connectivity index (χ2v) is 28.4. The van der Waals surface area contributed by atoms with Crippen LogP contribution in [0.5, 0.6) is 0 Å². The topological polar surface area (TPSA) is 678 Å². The van der Waals surface area contributed by atoms with E-state index in [9.17, 15) is 97.1 Å². The number of nitrogens with zero attached hydrogens (tertiary/aromatic N) is 2. The number of carboxylic acid groups (broad SMARTS) is 2. The van der Waals surface area contributed by atoms with Crippen molar-refractivity contribution in [2.24, 2.45) is 45.9 Å². The van der Waals surface area contributed by atoms with Crippen molar-refractivity contribution in [3.63, 3.8) is 0 Å². The van der Waals surface area contributed by atoms with Gasteiger partial charge in [-0.3, -0.25) is 81.7 Å². The molecule has 1 aromatic carbocycles. The van der Waals surface area contributed by atoms with Crippen molar-refractivity contribution in [1.82, 2.24) is 89.4 Å². The highest BCUT2D eigenvalue weighted by atomic mass is 16.4. The molecule has 42 nitrogen and oxygen atoms in total. The molecular formula is C70H111N21O21. The van der Waals surface area contributed by atoms with Gasteiger partial charge >= 0.3 is 11.9 Å².